The zero-order chi connectivity index (χ0) is 35.1. The summed E-state index contributed by atoms with van der Waals surface area (Å²) in [4.78, 5) is 12.6. The molecule has 1 aliphatic heterocycles. The number of nitrogens with one attached hydrogen (secondary N) is 1. The molecule has 0 saturated carbocycles. The number of nitriles is 1. The van der Waals surface area contributed by atoms with Gasteiger partial charge in [-0.2, -0.15) is 13.7 Å². The predicted molar refractivity (Wildman–Crippen MR) is 201 cm³/mol. The Balaban J connectivity index is 1.55. The summed E-state index contributed by atoms with van der Waals surface area (Å²) in [6.45, 7) is 12.4. The third kappa shape index (κ3) is 9.61. The molecule has 1 aliphatic rings. The number of hydrogen-bond donors (Lipinski definition) is 1. The summed E-state index contributed by atoms with van der Waals surface area (Å²) >= 11 is 1.31. The van der Waals surface area contributed by atoms with Crippen molar-refractivity contribution in [1.29, 1.82) is 5.26 Å². The third-order valence-electron chi connectivity index (χ3n) is 8.88. The van der Waals surface area contributed by atoms with Gasteiger partial charge in [0.2, 0.25) is 0 Å². The molecule has 0 spiro atoms. The number of ether oxygens (including phenoxy) is 1. The topological polar surface area (TPSA) is 108 Å². The zero-order valence-corrected chi connectivity index (χ0v) is 31.1. The monoisotopic (exact) mass is 699 g/mol. The van der Waals surface area contributed by atoms with E-state index >= 15 is 0 Å². The fourth-order valence-electron chi connectivity index (χ4n) is 6.20. The fourth-order valence-corrected chi connectivity index (χ4v) is 8.37. The van der Waals surface area contributed by atoms with Crippen LogP contribution in [0.2, 0.25) is 0 Å². The first kappa shape index (κ1) is 36.3. The molecule has 0 saturated heterocycles. The van der Waals surface area contributed by atoms with Crippen molar-refractivity contribution in [1.82, 2.24) is 9.97 Å². The molecule has 4 aromatic rings. The van der Waals surface area contributed by atoms with Crippen molar-refractivity contribution in [2.75, 3.05) is 29.3 Å². The number of fused-ring (bicyclic) bond motifs is 6. The lowest BCUT2D eigenvalue weighted by molar-refractivity contribution is 0.243. The van der Waals surface area contributed by atoms with E-state index in [9.17, 15) is 13.7 Å². The van der Waals surface area contributed by atoms with Crippen molar-refractivity contribution in [2.45, 2.75) is 91.0 Å². The van der Waals surface area contributed by atoms with Gasteiger partial charge >= 0.3 is 0 Å². The molecule has 1 N–H and O–H groups in total. The first-order chi connectivity index (χ1) is 23.4. The van der Waals surface area contributed by atoms with Crippen molar-refractivity contribution < 1.29 is 13.2 Å². The van der Waals surface area contributed by atoms with Crippen LogP contribution in [0.1, 0.15) is 85.1 Å². The molecule has 2 aromatic heterocycles. The van der Waals surface area contributed by atoms with Crippen molar-refractivity contribution in [3.63, 3.8) is 0 Å². The Labute approximate surface area is 296 Å². The maximum atomic E-state index is 13.9. The Kier molecular flexibility index (Phi) is 11.7. The van der Waals surface area contributed by atoms with Crippen LogP contribution in [0.15, 0.2) is 71.8 Å². The maximum Gasteiger partial charge on any atom is 0.281 e. The van der Waals surface area contributed by atoms with E-state index in [1.54, 1.807) is 6.07 Å². The number of aryl methyl sites for hydroxylation is 1. The average Bonchev–Trinajstić information content (AvgIpc) is 3.48. The van der Waals surface area contributed by atoms with Gasteiger partial charge in [-0.25, -0.2) is 9.97 Å². The van der Waals surface area contributed by atoms with E-state index in [1.165, 1.54) is 23.0 Å². The summed E-state index contributed by atoms with van der Waals surface area (Å²) in [5.41, 5.74) is 3.43. The van der Waals surface area contributed by atoms with Crippen molar-refractivity contribution in [2.24, 2.45) is 10.8 Å². The first-order valence-corrected chi connectivity index (χ1v) is 19.7. The molecule has 49 heavy (non-hydrogen) atoms. The minimum absolute atomic E-state index is 0.0820. The molecule has 0 radical (unpaired) electrons. The molecule has 0 amide bonds. The Morgan fingerprint density at radius 2 is 1.73 bits per heavy atom. The third-order valence-corrected chi connectivity index (χ3v) is 11.3. The molecule has 260 valence electrons. The Morgan fingerprint density at radius 3 is 2.51 bits per heavy atom. The Bertz CT molecular complexity index is 1880. The molecule has 0 fully saturated rings. The van der Waals surface area contributed by atoms with Gasteiger partial charge in [-0.1, -0.05) is 101 Å². The molecule has 10 heteroatoms. The van der Waals surface area contributed by atoms with Gasteiger partial charge in [0.25, 0.3) is 10.0 Å². The van der Waals surface area contributed by atoms with Crippen LogP contribution >= 0.6 is 11.3 Å². The number of benzene rings is 2. The molecule has 2 aromatic carbocycles. The molecule has 1 atom stereocenters. The van der Waals surface area contributed by atoms with Crippen LogP contribution in [0, 0.1) is 22.2 Å². The highest BCUT2D eigenvalue weighted by Crippen LogP contribution is 2.42. The number of anilines is 2. The molecule has 0 unspecified atom stereocenters. The molecule has 0 aliphatic carbocycles. The Morgan fingerprint density at radius 1 is 0.959 bits per heavy atom. The van der Waals surface area contributed by atoms with Crippen molar-refractivity contribution in [3.8, 4) is 33.5 Å². The molecular weight excluding hydrogens is 651 g/mol. The van der Waals surface area contributed by atoms with Crippen LogP contribution in [0.3, 0.4) is 0 Å². The Hall–Kier alpha value is -3.94. The van der Waals surface area contributed by atoms with Crippen LogP contribution in [0.4, 0.5) is 10.9 Å². The maximum absolute atomic E-state index is 13.9. The number of aromatic nitrogens is 2. The lowest BCUT2D eigenvalue weighted by Gasteiger charge is -2.31. The summed E-state index contributed by atoms with van der Waals surface area (Å²) in [5, 5.41) is 10.3. The second-order valence-corrected chi connectivity index (χ2v) is 17.1. The van der Waals surface area contributed by atoms with E-state index in [4.69, 9.17) is 9.72 Å². The average molecular weight is 700 g/mol. The van der Waals surface area contributed by atoms with Crippen LogP contribution < -0.4 is 14.4 Å². The molecule has 5 rings (SSSR count). The lowest BCUT2D eigenvalue weighted by atomic mass is 9.86. The van der Waals surface area contributed by atoms with E-state index in [0.29, 0.717) is 25.5 Å². The van der Waals surface area contributed by atoms with Crippen LogP contribution in [-0.2, 0) is 16.4 Å². The van der Waals surface area contributed by atoms with E-state index in [1.807, 2.05) is 43.3 Å². The van der Waals surface area contributed by atoms with Crippen LogP contribution in [-0.4, -0.2) is 38.1 Å². The standard InChI is InChI=1S/C39H49N5O3S2/c1-6-22-39(5,27-40)28-44-24-12-8-7-9-15-29-16-10-11-19-32(29)35-36(30-17-13-18-31(26-30)47-25-23-38(2,3)4)48-37(42-35)43-49(45,46)34-21-14-20-33(44)41-34/h10-11,13-14,16-21,26H,6-9,12,15,22-25,28H2,1-5H3,(H,42,43)/t39-/m0/s1. The van der Waals surface area contributed by atoms with Crippen molar-refractivity contribution in [3.05, 3.63) is 72.3 Å². The quantitative estimate of drug-likeness (QED) is 0.195. The van der Waals surface area contributed by atoms with Gasteiger partial charge in [0.05, 0.1) is 28.7 Å². The number of pyridine rings is 1. The van der Waals surface area contributed by atoms with Crippen molar-refractivity contribution >= 4 is 32.3 Å². The minimum Gasteiger partial charge on any atom is -0.494 e. The highest BCUT2D eigenvalue weighted by molar-refractivity contribution is 7.92. The summed E-state index contributed by atoms with van der Waals surface area (Å²) in [6.07, 6.45) is 7.45. The summed E-state index contributed by atoms with van der Waals surface area (Å²) < 4.78 is 36.7. The van der Waals surface area contributed by atoms with Crippen LogP contribution in [0.5, 0.6) is 5.75 Å². The second-order valence-electron chi connectivity index (χ2n) is 14.5. The van der Waals surface area contributed by atoms with E-state index in [0.717, 1.165) is 78.8 Å². The summed E-state index contributed by atoms with van der Waals surface area (Å²) in [7, 11) is -4.08. The second kappa shape index (κ2) is 15.7. The molecule has 4 bridgehead atoms. The fraction of sp³-hybridized carbons (Fsp3) is 0.462. The number of rotatable bonds is 8. The van der Waals surface area contributed by atoms with Crippen LogP contribution in [0.25, 0.3) is 21.7 Å². The number of hydrogen-bond acceptors (Lipinski definition) is 8. The van der Waals surface area contributed by atoms with Gasteiger partial charge in [-0.3, -0.25) is 4.72 Å². The molecular formula is C39H49N5O3S2. The molecule has 8 nitrogen and oxygen atoms in total. The van der Waals surface area contributed by atoms with Gasteiger partial charge in [-0.05, 0) is 79.8 Å². The smallest absolute Gasteiger partial charge is 0.281 e. The van der Waals surface area contributed by atoms with Gasteiger partial charge in [0.15, 0.2) is 10.2 Å². The molecule has 3 heterocycles. The first-order valence-electron chi connectivity index (χ1n) is 17.4. The highest BCUT2D eigenvalue weighted by atomic mass is 32.2. The largest absolute Gasteiger partial charge is 0.494 e. The van der Waals surface area contributed by atoms with E-state index in [2.05, 4.69) is 66.6 Å². The summed E-state index contributed by atoms with van der Waals surface area (Å²) in [5.74, 6) is 1.32. The van der Waals surface area contributed by atoms with E-state index < -0.39 is 15.4 Å². The zero-order valence-electron chi connectivity index (χ0n) is 29.5. The number of nitrogens with zero attached hydrogens (tertiary/aromatic N) is 4. The number of sulfonamides is 1. The minimum atomic E-state index is -4.08. The predicted octanol–water partition coefficient (Wildman–Crippen LogP) is 9.74. The SMILES string of the molecule is CCC[C@@](C)(C#N)CN1CCCCCCc2ccccc2-c2nc(sc2-c2cccc(OCCC(C)(C)C)c2)NS(=O)(=O)c2cccc1n2. The number of thiazole rings is 1. The van der Waals surface area contributed by atoms with Gasteiger partial charge in [-0.15, -0.1) is 0 Å². The van der Waals surface area contributed by atoms with Gasteiger partial charge in [0.1, 0.15) is 11.6 Å². The lowest BCUT2D eigenvalue weighted by Crippen LogP contribution is -2.37. The highest BCUT2D eigenvalue weighted by Gasteiger charge is 2.28. The van der Waals surface area contributed by atoms with E-state index in [-0.39, 0.29) is 15.6 Å². The van der Waals surface area contributed by atoms with Gasteiger partial charge in [0, 0.05) is 18.7 Å². The normalized spacial score (nSPS) is 16.4. The van der Waals surface area contributed by atoms with Gasteiger partial charge < -0.3 is 9.64 Å². The summed E-state index contributed by atoms with van der Waals surface area (Å²) in [6, 6.07) is 23.8.